The van der Waals surface area contributed by atoms with E-state index in [-0.39, 0.29) is 0 Å². The highest BCUT2D eigenvalue weighted by Crippen LogP contribution is 2.22. The van der Waals surface area contributed by atoms with Crippen molar-refractivity contribution in [3.05, 3.63) is 18.5 Å². The monoisotopic (exact) mass is 234 g/mol. The SMILES string of the molecule is CCNC(C)C1CCN(c2ncccn2)CC1. The summed E-state index contributed by atoms with van der Waals surface area (Å²) in [5, 5.41) is 3.52. The molecular formula is C13H22N4. The minimum Gasteiger partial charge on any atom is -0.341 e. The van der Waals surface area contributed by atoms with E-state index in [4.69, 9.17) is 0 Å². The molecule has 0 aromatic carbocycles. The Bertz CT molecular complexity index is 319. The van der Waals surface area contributed by atoms with Crippen LogP contribution >= 0.6 is 0 Å². The Morgan fingerprint density at radius 2 is 2.00 bits per heavy atom. The van der Waals surface area contributed by atoms with Gasteiger partial charge in [-0.05, 0) is 38.3 Å². The first-order valence-corrected chi connectivity index (χ1v) is 6.56. The predicted molar refractivity (Wildman–Crippen MR) is 70.1 cm³/mol. The van der Waals surface area contributed by atoms with Gasteiger partial charge < -0.3 is 10.2 Å². The third-order valence-electron chi connectivity index (χ3n) is 3.61. The van der Waals surface area contributed by atoms with E-state index in [0.717, 1.165) is 31.5 Å². The molecule has 1 aromatic heterocycles. The van der Waals surface area contributed by atoms with Gasteiger partial charge in [-0.2, -0.15) is 0 Å². The molecule has 4 nitrogen and oxygen atoms in total. The van der Waals surface area contributed by atoms with Crippen LogP contribution in [0.2, 0.25) is 0 Å². The maximum Gasteiger partial charge on any atom is 0.225 e. The van der Waals surface area contributed by atoms with Crippen molar-refractivity contribution in [3.63, 3.8) is 0 Å². The minimum atomic E-state index is 0.624. The van der Waals surface area contributed by atoms with Crippen molar-refractivity contribution in [3.8, 4) is 0 Å². The van der Waals surface area contributed by atoms with Crippen LogP contribution in [0.5, 0.6) is 0 Å². The highest BCUT2D eigenvalue weighted by atomic mass is 15.2. The molecule has 0 aliphatic carbocycles. The lowest BCUT2D eigenvalue weighted by atomic mass is 9.90. The zero-order valence-corrected chi connectivity index (χ0v) is 10.8. The second-order valence-corrected chi connectivity index (χ2v) is 4.72. The molecule has 1 atom stereocenters. The number of rotatable bonds is 4. The fraction of sp³-hybridized carbons (Fsp3) is 0.692. The van der Waals surface area contributed by atoms with Gasteiger partial charge in [0.15, 0.2) is 0 Å². The molecule has 1 saturated heterocycles. The lowest BCUT2D eigenvalue weighted by molar-refractivity contribution is 0.313. The molecule has 0 spiro atoms. The molecule has 0 amide bonds. The molecular weight excluding hydrogens is 212 g/mol. The van der Waals surface area contributed by atoms with Crippen LogP contribution in [0.4, 0.5) is 5.95 Å². The van der Waals surface area contributed by atoms with Crippen molar-refractivity contribution in [1.82, 2.24) is 15.3 Å². The van der Waals surface area contributed by atoms with Gasteiger partial charge in [-0.1, -0.05) is 6.92 Å². The van der Waals surface area contributed by atoms with Gasteiger partial charge >= 0.3 is 0 Å². The third kappa shape index (κ3) is 3.16. The Kier molecular flexibility index (Phi) is 4.31. The van der Waals surface area contributed by atoms with E-state index in [0.29, 0.717) is 6.04 Å². The molecule has 0 radical (unpaired) electrons. The molecule has 2 rings (SSSR count). The van der Waals surface area contributed by atoms with Gasteiger partial charge in [-0.3, -0.25) is 0 Å². The lowest BCUT2D eigenvalue weighted by Crippen LogP contribution is -2.42. The number of nitrogens with zero attached hydrogens (tertiary/aromatic N) is 3. The fourth-order valence-electron chi connectivity index (χ4n) is 2.54. The summed E-state index contributed by atoms with van der Waals surface area (Å²) in [4.78, 5) is 10.9. The van der Waals surface area contributed by atoms with Crippen LogP contribution in [0.25, 0.3) is 0 Å². The topological polar surface area (TPSA) is 41.0 Å². The number of anilines is 1. The molecule has 1 aliphatic rings. The van der Waals surface area contributed by atoms with Crippen molar-refractivity contribution < 1.29 is 0 Å². The summed E-state index contributed by atoms with van der Waals surface area (Å²) in [6, 6.07) is 2.49. The Balaban J connectivity index is 1.86. The highest BCUT2D eigenvalue weighted by Gasteiger charge is 2.24. The molecule has 1 aromatic rings. The predicted octanol–water partition coefficient (Wildman–Crippen LogP) is 1.69. The summed E-state index contributed by atoms with van der Waals surface area (Å²) in [5.74, 6) is 1.66. The van der Waals surface area contributed by atoms with E-state index >= 15 is 0 Å². The first-order chi connectivity index (χ1) is 8.31. The number of hydrogen-bond acceptors (Lipinski definition) is 4. The maximum absolute atomic E-state index is 4.31. The first kappa shape index (κ1) is 12.3. The van der Waals surface area contributed by atoms with Gasteiger partial charge in [0.2, 0.25) is 5.95 Å². The zero-order valence-electron chi connectivity index (χ0n) is 10.8. The third-order valence-corrected chi connectivity index (χ3v) is 3.61. The second-order valence-electron chi connectivity index (χ2n) is 4.72. The highest BCUT2D eigenvalue weighted by molar-refractivity contribution is 5.28. The molecule has 1 aliphatic heterocycles. The van der Waals surface area contributed by atoms with E-state index < -0.39 is 0 Å². The molecule has 1 N–H and O–H groups in total. The summed E-state index contributed by atoms with van der Waals surface area (Å²) < 4.78 is 0. The Morgan fingerprint density at radius 1 is 1.35 bits per heavy atom. The van der Waals surface area contributed by atoms with E-state index in [1.807, 2.05) is 18.5 Å². The van der Waals surface area contributed by atoms with Crippen LogP contribution in [0.1, 0.15) is 26.7 Å². The maximum atomic E-state index is 4.31. The van der Waals surface area contributed by atoms with Crippen LogP contribution in [-0.4, -0.2) is 35.6 Å². The molecule has 2 heterocycles. The van der Waals surface area contributed by atoms with E-state index in [2.05, 4.69) is 34.0 Å². The number of piperidine rings is 1. The second kappa shape index (κ2) is 5.96. The Hall–Kier alpha value is -1.16. The first-order valence-electron chi connectivity index (χ1n) is 6.56. The fourth-order valence-corrected chi connectivity index (χ4v) is 2.54. The van der Waals surface area contributed by atoms with Crippen LogP contribution in [-0.2, 0) is 0 Å². The van der Waals surface area contributed by atoms with Crippen molar-refractivity contribution >= 4 is 5.95 Å². The summed E-state index contributed by atoms with van der Waals surface area (Å²) in [6.45, 7) is 7.67. The summed E-state index contributed by atoms with van der Waals surface area (Å²) in [5.41, 5.74) is 0. The molecule has 94 valence electrons. The van der Waals surface area contributed by atoms with E-state index in [1.54, 1.807) is 0 Å². The van der Waals surface area contributed by atoms with Crippen molar-refractivity contribution in [2.75, 3.05) is 24.5 Å². The van der Waals surface area contributed by atoms with Crippen molar-refractivity contribution in [2.45, 2.75) is 32.7 Å². The molecule has 1 unspecified atom stereocenters. The van der Waals surface area contributed by atoms with Crippen LogP contribution < -0.4 is 10.2 Å². The standard InChI is InChI=1S/C13H22N4/c1-3-14-11(2)12-5-9-17(10-6-12)13-15-7-4-8-16-13/h4,7-8,11-12,14H,3,5-6,9-10H2,1-2H3. The van der Waals surface area contributed by atoms with E-state index in [1.165, 1.54) is 12.8 Å². The number of aromatic nitrogens is 2. The summed E-state index contributed by atoms with van der Waals surface area (Å²) in [7, 11) is 0. The molecule has 0 saturated carbocycles. The molecule has 0 bridgehead atoms. The molecule has 1 fully saturated rings. The van der Waals surface area contributed by atoms with Crippen molar-refractivity contribution in [1.29, 1.82) is 0 Å². The minimum absolute atomic E-state index is 0.624. The summed E-state index contributed by atoms with van der Waals surface area (Å²) in [6.07, 6.45) is 6.09. The van der Waals surface area contributed by atoms with Gasteiger partial charge in [0.1, 0.15) is 0 Å². The normalized spacial score (nSPS) is 19.3. The van der Waals surface area contributed by atoms with Crippen LogP contribution in [0, 0.1) is 5.92 Å². The van der Waals surface area contributed by atoms with Crippen molar-refractivity contribution in [2.24, 2.45) is 5.92 Å². The van der Waals surface area contributed by atoms with Crippen LogP contribution in [0.3, 0.4) is 0 Å². The Morgan fingerprint density at radius 3 is 2.59 bits per heavy atom. The van der Waals surface area contributed by atoms with Gasteiger partial charge in [0.05, 0.1) is 0 Å². The van der Waals surface area contributed by atoms with Crippen LogP contribution in [0.15, 0.2) is 18.5 Å². The molecule has 17 heavy (non-hydrogen) atoms. The summed E-state index contributed by atoms with van der Waals surface area (Å²) >= 11 is 0. The zero-order chi connectivity index (χ0) is 12.1. The smallest absolute Gasteiger partial charge is 0.225 e. The average molecular weight is 234 g/mol. The molecule has 4 heteroatoms. The van der Waals surface area contributed by atoms with Gasteiger partial charge in [-0.25, -0.2) is 9.97 Å². The number of hydrogen-bond donors (Lipinski definition) is 1. The quantitative estimate of drug-likeness (QED) is 0.861. The average Bonchev–Trinajstić information content (AvgIpc) is 2.40. The largest absolute Gasteiger partial charge is 0.341 e. The Labute approximate surface area is 103 Å². The van der Waals surface area contributed by atoms with Gasteiger partial charge in [0.25, 0.3) is 0 Å². The van der Waals surface area contributed by atoms with Gasteiger partial charge in [-0.15, -0.1) is 0 Å². The van der Waals surface area contributed by atoms with Gasteiger partial charge in [0, 0.05) is 31.5 Å². The number of nitrogens with one attached hydrogen (secondary N) is 1. The lowest BCUT2D eigenvalue weighted by Gasteiger charge is -2.35. The van der Waals surface area contributed by atoms with E-state index in [9.17, 15) is 0 Å².